The van der Waals surface area contributed by atoms with Crippen molar-refractivity contribution < 1.29 is 14.5 Å². The first kappa shape index (κ1) is 18.7. The van der Waals surface area contributed by atoms with Gasteiger partial charge >= 0.3 is 0 Å². The number of nitrogens with one attached hydrogen (secondary N) is 1. The predicted octanol–water partition coefficient (Wildman–Crippen LogP) is 5.15. The number of ether oxygens (including phenoxy) is 1. The van der Waals surface area contributed by atoms with Gasteiger partial charge in [-0.1, -0.05) is 35.9 Å². The number of hydrogen-bond acceptors (Lipinski definition) is 4. The highest BCUT2D eigenvalue weighted by Crippen LogP contribution is 2.29. The molecule has 0 radical (unpaired) electrons. The zero-order valence-electron chi connectivity index (χ0n) is 14.7. The molecule has 6 nitrogen and oxygen atoms in total. The molecule has 0 bridgehead atoms. The molecule has 0 heterocycles. The van der Waals surface area contributed by atoms with Crippen LogP contribution in [0.4, 0.5) is 11.4 Å². The van der Waals surface area contributed by atoms with E-state index in [2.05, 4.69) is 5.32 Å². The van der Waals surface area contributed by atoms with Crippen LogP contribution in [0.25, 0.3) is 10.8 Å². The quantitative estimate of drug-likeness (QED) is 0.487. The largest absolute Gasteiger partial charge is 0.497 e. The maximum atomic E-state index is 12.6. The Bertz CT molecular complexity index is 1040. The summed E-state index contributed by atoms with van der Waals surface area (Å²) >= 11 is 5.80. The summed E-state index contributed by atoms with van der Waals surface area (Å²) < 4.78 is 5.22. The van der Waals surface area contributed by atoms with Gasteiger partial charge in [-0.15, -0.1) is 0 Å². The molecule has 3 rings (SSSR count). The fourth-order valence-corrected chi connectivity index (χ4v) is 2.96. The molecule has 1 atom stereocenters. The molecular weight excluding hydrogens is 368 g/mol. The second-order valence-corrected chi connectivity index (χ2v) is 6.51. The number of benzene rings is 3. The lowest BCUT2D eigenvalue weighted by Crippen LogP contribution is -2.18. The Labute approximate surface area is 160 Å². The highest BCUT2D eigenvalue weighted by molar-refractivity contribution is 6.32. The number of nitro benzene ring substituents is 1. The van der Waals surface area contributed by atoms with Gasteiger partial charge in [0.15, 0.2) is 0 Å². The summed E-state index contributed by atoms with van der Waals surface area (Å²) in [7, 11) is 1.61. The number of carbonyl (C=O) groups is 1. The van der Waals surface area contributed by atoms with Crippen molar-refractivity contribution >= 4 is 39.7 Å². The van der Waals surface area contributed by atoms with Crippen LogP contribution in [0.5, 0.6) is 5.75 Å². The Morgan fingerprint density at radius 2 is 1.81 bits per heavy atom. The van der Waals surface area contributed by atoms with Crippen molar-refractivity contribution in [2.45, 2.75) is 12.8 Å². The fourth-order valence-electron chi connectivity index (χ4n) is 2.77. The van der Waals surface area contributed by atoms with Gasteiger partial charge in [-0.05, 0) is 47.5 Å². The average molecular weight is 385 g/mol. The molecule has 3 aromatic carbocycles. The predicted molar refractivity (Wildman–Crippen MR) is 106 cm³/mol. The third-order valence-corrected chi connectivity index (χ3v) is 4.69. The van der Waals surface area contributed by atoms with Crippen LogP contribution < -0.4 is 10.1 Å². The van der Waals surface area contributed by atoms with Crippen molar-refractivity contribution in [1.29, 1.82) is 0 Å². The van der Waals surface area contributed by atoms with Gasteiger partial charge in [0.05, 0.1) is 18.0 Å². The van der Waals surface area contributed by atoms with E-state index in [1.807, 2.05) is 36.4 Å². The topological polar surface area (TPSA) is 81.5 Å². The van der Waals surface area contributed by atoms with Crippen LogP contribution in [0.3, 0.4) is 0 Å². The molecule has 0 saturated heterocycles. The molecule has 0 saturated carbocycles. The summed E-state index contributed by atoms with van der Waals surface area (Å²) in [4.78, 5) is 23.0. The maximum absolute atomic E-state index is 12.6. The molecule has 27 heavy (non-hydrogen) atoms. The summed E-state index contributed by atoms with van der Waals surface area (Å²) in [6.07, 6.45) is 0. The van der Waals surface area contributed by atoms with E-state index in [4.69, 9.17) is 16.3 Å². The lowest BCUT2D eigenvalue weighted by Gasteiger charge is -2.14. The van der Waals surface area contributed by atoms with Crippen molar-refractivity contribution in [2.24, 2.45) is 0 Å². The molecule has 138 valence electrons. The Morgan fingerprint density at radius 3 is 2.52 bits per heavy atom. The summed E-state index contributed by atoms with van der Waals surface area (Å²) in [5.74, 6) is 0.0658. The van der Waals surface area contributed by atoms with Crippen molar-refractivity contribution in [2.75, 3.05) is 12.4 Å². The monoisotopic (exact) mass is 384 g/mol. The third-order valence-electron chi connectivity index (χ3n) is 4.38. The van der Waals surface area contributed by atoms with Crippen LogP contribution >= 0.6 is 11.6 Å². The molecule has 0 fully saturated rings. The summed E-state index contributed by atoms with van der Waals surface area (Å²) in [6, 6.07) is 15.7. The molecule has 0 aliphatic carbocycles. The smallest absolute Gasteiger partial charge is 0.289 e. The van der Waals surface area contributed by atoms with Crippen molar-refractivity contribution in [3.05, 3.63) is 75.3 Å². The highest BCUT2D eigenvalue weighted by atomic mass is 35.5. The number of nitrogens with zero attached hydrogens (tertiary/aromatic N) is 1. The molecule has 0 aromatic heterocycles. The van der Waals surface area contributed by atoms with Gasteiger partial charge in [0.1, 0.15) is 10.8 Å². The maximum Gasteiger partial charge on any atom is 0.289 e. The van der Waals surface area contributed by atoms with Crippen molar-refractivity contribution in [3.63, 3.8) is 0 Å². The van der Waals surface area contributed by atoms with Crippen LogP contribution in [-0.2, 0) is 4.79 Å². The number of amides is 1. The van der Waals surface area contributed by atoms with Crippen LogP contribution in [0.2, 0.25) is 5.02 Å². The van der Waals surface area contributed by atoms with Gasteiger partial charge in [0.2, 0.25) is 5.91 Å². The number of anilines is 1. The Balaban J connectivity index is 1.82. The molecule has 0 unspecified atom stereocenters. The van der Waals surface area contributed by atoms with E-state index in [9.17, 15) is 14.9 Å². The second-order valence-electron chi connectivity index (χ2n) is 6.11. The Morgan fingerprint density at radius 1 is 1.11 bits per heavy atom. The van der Waals surface area contributed by atoms with Gasteiger partial charge in [-0.3, -0.25) is 14.9 Å². The highest BCUT2D eigenvalue weighted by Gasteiger charge is 2.18. The molecule has 0 aliphatic heterocycles. The fraction of sp³-hybridized carbons (Fsp3) is 0.150. The van der Waals surface area contributed by atoms with Crippen molar-refractivity contribution in [1.82, 2.24) is 0 Å². The lowest BCUT2D eigenvalue weighted by molar-refractivity contribution is -0.384. The first-order valence-electron chi connectivity index (χ1n) is 8.21. The molecule has 1 amide bonds. The van der Waals surface area contributed by atoms with Gasteiger partial charge in [0.25, 0.3) is 5.69 Å². The third kappa shape index (κ3) is 4.01. The van der Waals surface area contributed by atoms with E-state index in [1.54, 1.807) is 14.0 Å². The Hall–Kier alpha value is -3.12. The molecule has 0 aliphatic rings. The molecule has 7 heteroatoms. The van der Waals surface area contributed by atoms with Crippen LogP contribution in [-0.4, -0.2) is 17.9 Å². The van der Waals surface area contributed by atoms with E-state index >= 15 is 0 Å². The van der Waals surface area contributed by atoms with Crippen molar-refractivity contribution in [3.8, 4) is 5.75 Å². The molecule has 1 N–H and O–H groups in total. The first-order chi connectivity index (χ1) is 12.9. The summed E-state index contributed by atoms with van der Waals surface area (Å²) in [5, 5.41) is 15.7. The van der Waals surface area contributed by atoms with Gasteiger partial charge < -0.3 is 10.1 Å². The standard InChI is InChI=1S/C20H17ClN2O4/c1-12(13-3-4-15-10-17(27-2)7-5-14(15)9-13)20(24)22-16-6-8-18(21)19(11-16)23(25)26/h3-12H,1-2H3,(H,22,24)/t12-/m0/s1. The number of methoxy groups -OCH3 is 1. The first-order valence-corrected chi connectivity index (χ1v) is 8.59. The van der Waals surface area contributed by atoms with Crippen LogP contribution in [0, 0.1) is 10.1 Å². The summed E-state index contributed by atoms with van der Waals surface area (Å²) in [6.45, 7) is 1.78. The minimum atomic E-state index is -0.584. The number of carbonyl (C=O) groups excluding carboxylic acids is 1. The van der Waals surface area contributed by atoms with E-state index in [-0.39, 0.29) is 16.6 Å². The normalized spacial score (nSPS) is 11.8. The number of fused-ring (bicyclic) bond motifs is 1. The number of rotatable bonds is 5. The Kier molecular flexibility index (Phi) is 5.28. The van der Waals surface area contributed by atoms with Gasteiger partial charge in [0, 0.05) is 11.8 Å². The molecule has 3 aromatic rings. The van der Waals surface area contributed by atoms with E-state index in [0.29, 0.717) is 5.69 Å². The lowest BCUT2D eigenvalue weighted by atomic mass is 9.97. The zero-order valence-corrected chi connectivity index (χ0v) is 15.5. The summed E-state index contributed by atoms with van der Waals surface area (Å²) in [5.41, 5.74) is 0.920. The number of nitro groups is 1. The SMILES string of the molecule is COc1ccc2cc([C@H](C)C(=O)Nc3ccc(Cl)c([N+](=O)[O-])c3)ccc2c1. The number of halogens is 1. The van der Waals surface area contributed by atoms with Crippen LogP contribution in [0.15, 0.2) is 54.6 Å². The molecular formula is C20H17ClN2O4. The van der Waals surface area contributed by atoms with E-state index in [1.165, 1.54) is 18.2 Å². The minimum absolute atomic E-state index is 0.0241. The minimum Gasteiger partial charge on any atom is -0.497 e. The van der Waals surface area contributed by atoms with Crippen LogP contribution in [0.1, 0.15) is 18.4 Å². The average Bonchev–Trinajstić information content (AvgIpc) is 2.67. The zero-order chi connectivity index (χ0) is 19.6. The van der Waals surface area contributed by atoms with Gasteiger partial charge in [-0.2, -0.15) is 0 Å². The van der Waals surface area contributed by atoms with Gasteiger partial charge in [-0.25, -0.2) is 0 Å². The number of hydrogen-bond donors (Lipinski definition) is 1. The van der Waals surface area contributed by atoms with E-state index < -0.39 is 10.8 Å². The second kappa shape index (κ2) is 7.63. The molecule has 0 spiro atoms. The van der Waals surface area contributed by atoms with E-state index in [0.717, 1.165) is 22.1 Å².